The maximum Gasteiger partial charge on any atom is 0.290 e. The standard InChI is InChI=1S/C20H26ClN5O/c1-3-18-15(2)23-26(20(27)19(18)22)9-5-8-24-10-12-25(13-11-24)17-7-4-6-16(21)14-17/h3-4,6-7,14H,1,5,8-13,22H2,2H3. The summed E-state index contributed by atoms with van der Waals surface area (Å²) in [5.74, 6) is 0. The van der Waals surface area contributed by atoms with Crippen molar-refractivity contribution in [3.8, 4) is 0 Å². The fraction of sp³-hybridized carbons (Fsp3) is 0.400. The lowest BCUT2D eigenvalue weighted by Crippen LogP contribution is -2.46. The molecule has 27 heavy (non-hydrogen) atoms. The molecule has 0 atom stereocenters. The summed E-state index contributed by atoms with van der Waals surface area (Å²) in [6, 6.07) is 7.99. The first kappa shape index (κ1) is 19.5. The number of piperazine rings is 1. The van der Waals surface area contributed by atoms with Crippen molar-refractivity contribution in [3.05, 3.63) is 57.5 Å². The van der Waals surface area contributed by atoms with Crippen LogP contribution in [-0.4, -0.2) is 47.4 Å². The quantitative estimate of drug-likeness (QED) is 0.825. The molecular weight excluding hydrogens is 362 g/mol. The highest BCUT2D eigenvalue weighted by molar-refractivity contribution is 6.30. The summed E-state index contributed by atoms with van der Waals surface area (Å²) in [6.07, 6.45) is 2.44. The number of benzene rings is 1. The second kappa shape index (κ2) is 8.59. The lowest BCUT2D eigenvalue weighted by Gasteiger charge is -2.36. The molecular formula is C20H26ClN5O. The number of nitrogens with zero attached hydrogens (tertiary/aromatic N) is 4. The molecule has 6 nitrogen and oxygen atoms in total. The summed E-state index contributed by atoms with van der Waals surface area (Å²) in [5, 5.41) is 5.13. The number of aryl methyl sites for hydroxylation is 2. The molecule has 2 N–H and O–H groups in total. The third-order valence-corrected chi connectivity index (χ3v) is 5.24. The lowest BCUT2D eigenvalue weighted by molar-refractivity contribution is 0.248. The van der Waals surface area contributed by atoms with E-state index in [-0.39, 0.29) is 11.2 Å². The molecule has 0 saturated carbocycles. The summed E-state index contributed by atoms with van der Waals surface area (Å²) in [7, 11) is 0. The van der Waals surface area contributed by atoms with E-state index in [4.69, 9.17) is 17.3 Å². The molecule has 1 aromatic heterocycles. The van der Waals surface area contributed by atoms with Gasteiger partial charge in [0.25, 0.3) is 5.56 Å². The molecule has 7 heteroatoms. The molecule has 0 spiro atoms. The minimum absolute atomic E-state index is 0.229. The van der Waals surface area contributed by atoms with Crippen LogP contribution < -0.4 is 16.2 Å². The van der Waals surface area contributed by atoms with Gasteiger partial charge in [-0.2, -0.15) is 5.10 Å². The zero-order chi connectivity index (χ0) is 19.4. The first-order chi connectivity index (χ1) is 13.0. The predicted octanol–water partition coefficient (Wildman–Crippen LogP) is 2.64. The summed E-state index contributed by atoms with van der Waals surface area (Å²) < 4.78 is 1.47. The van der Waals surface area contributed by atoms with Crippen LogP contribution in [0.4, 0.5) is 11.4 Å². The first-order valence-corrected chi connectivity index (χ1v) is 9.60. The van der Waals surface area contributed by atoms with E-state index in [2.05, 4.69) is 27.5 Å². The number of anilines is 2. The number of rotatable bonds is 6. The normalized spacial score (nSPS) is 15.1. The van der Waals surface area contributed by atoms with E-state index >= 15 is 0 Å². The van der Waals surface area contributed by atoms with Gasteiger partial charge in [0.2, 0.25) is 0 Å². The van der Waals surface area contributed by atoms with Crippen LogP contribution in [-0.2, 0) is 6.54 Å². The van der Waals surface area contributed by atoms with E-state index in [1.54, 1.807) is 6.08 Å². The molecule has 0 unspecified atom stereocenters. The average molecular weight is 388 g/mol. The van der Waals surface area contributed by atoms with Gasteiger partial charge in [-0.15, -0.1) is 0 Å². The Labute approximate surface area is 164 Å². The van der Waals surface area contributed by atoms with Crippen molar-refractivity contribution in [1.82, 2.24) is 14.7 Å². The zero-order valence-corrected chi connectivity index (χ0v) is 16.5. The Morgan fingerprint density at radius 2 is 2.00 bits per heavy atom. The molecule has 0 amide bonds. The van der Waals surface area contributed by atoms with Crippen LogP contribution >= 0.6 is 11.6 Å². The van der Waals surface area contributed by atoms with E-state index in [0.29, 0.717) is 12.1 Å². The summed E-state index contributed by atoms with van der Waals surface area (Å²) in [6.45, 7) is 11.0. The van der Waals surface area contributed by atoms with Gasteiger partial charge < -0.3 is 10.6 Å². The Bertz CT molecular complexity index is 871. The van der Waals surface area contributed by atoms with Crippen molar-refractivity contribution >= 4 is 29.1 Å². The fourth-order valence-corrected chi connectivity index (χ4v) is 3.67. The Hall–Kier alpha value is -2.31. The third-order valence-electron chi connectivity index (χ3n) is 5.01. The van der Waals surface area contributed by atoms with Gasteiger partial charge in [-0.1, -0.05) is 30.3 Å². The number of aromatic nitrogens is 2. The molecule has 1 aromatic carbocycles. The Morgan fingerprint density at radius 1 is 1.26 bits per heavy atom. The number of halogens is 1. The second-order valence-electron chi connectivity index (χ2n) is 6.81. The zero-order valence-electron chi connectivity index (χ0n) is 15.7. The van der Waals surface area contributed by atoms with Gasteiger partial charge in [0, 0.05) is 55.5 Å². The molecule has 1 fully saturated rings. The number of nitrogens with two attached hydrogens (primary N) is 1. The molecule has 0 bridgehead atoms. The highest BCUT2D eigenvalue weighted by Gasteiger charge is 2.17. The van der Waals surface area contributed by atoms with Crippen LogP contribution in [0.3, 0.4) is 0 Å². The van der Waals surface area contributed by atoms with Crippen LogP contribution in [0.25, 0.3) is 6.08 Å². The largest absolute Gasteiger partial charge is 0.394 e. The van der Waals surface area contributed by atoms with Crippen LogP contribution in [0.1, 0.15) is 17.7 Å². The van der Waals surface area contributed by atoms with Gasteiger partial charge in [-0.3, -0.25) is 9.69 Å². The van der Waals surface area contributed by atoms with Crippen molar-refractivity contribution in [2.45, 2.75) is 19.9 Å². The molecule has 144 valence electrons. The first-order valence-electron chi connectivity index (χ1n) is 9.22. The minimum atomic E-state index is -0.235. The number of nitrogen functional groups attached to an aromatic ring is 1. The molecule has 2 heterocycles. The monoisotopic (exact) mass is 387 g/mol. The second-order valence-corrected chi connectivity index (χ2v) is 7.24. The van der Waals surface area contributed by atoms with Crippen LogP contribution in [0, 0.1) is 6.92 Å². The summed E-state index contributed by atoms with van der Waals surface area (Å²) in [4.78, 5) is 17.1. The van der Waals surface area contributed by atoms with Crippen molar-refractivity contribution in [2.75, 3.05) is 43.4 Å². The molecule has 1 aliphatic rings. The molecule has 0 radical (unpaired) electrons. The molecule has 3 rings (SSSR count). The van der Waals surface area contributed by atoms with E-state index in [9.17, 15) is 4.79 Å². The van der Waals surface area contributed by atoms with E-state index in [0.717, 1.165) is 49.9 Å². The van der Waals surface area contributed by atoms with E-state index < -0.39 is 0 Å². The molecule has 2 aromatic rings. The SMILES string of the molecule is C=Cc1c(C)nn(CCCN2CCN(c3cccc(Cl)c3)CC2)c(=O)c1N. The lowest BCUT2D eigenvalue weighted by atomic mass is 10.2. The fourth-order valence-electron chi connectivity index (χ4n) is 3.49. The maximum atomic E-state index is 12.3. The topological polar surface area (TPSA) is 67.4 Å². The predicted molar refractivity (Wildman–Crippen MR) is 112 cm³/mol. The smallest absolute Gasteiger partial charge is 0.290 e. The van der Waals surface area contributed by atoms with E-state index in [1.165, 1.54) is 10.4 Å². The Kier molecular flexibility index (Phi) is 6.19. The van der Waals surface area contributed by atoms with Crippen molar-refractivity contribution in [1.29, 1.82) is 0 Å². The summed E-state index contributed by atoms with van der Waals surface area (Å²) >= 11 is 6.09. The molecule has 0 aliphatic carbocycles. The van der Waals surface area contributed by atoms with E-state index in [1.807, 2.05) is 25.1 Å². The molecule has 1 aliphatic heterocycles. The van der Waals surface area contributed by atoms with Gasteiger partial charge in [0.15, 0.2) is 0 Å². The van der Waals surface area contributed by atoms with Crippen molar-refractivity contribution in [3.63, 3.8) is 0 Å². The Morgan fingerprint density at radius 3 is 2.67 bits per heavy atom. The van der Waals surface area contributed by atoms with Crippen molar-refractivity contribution < 1.29 is 0 Å². The van der Waals surface area contributed by atoms with Gasteiger partial charge in [0.05, 0.1) is 5.69 Å². The van der Waals surface area contributed by atoms with Crippen LogP contribution in [0.2, 0.25) is 5.02 Å². The van der Waals surface area contributed by atoms with Crippen LogP contribution in [0.15, 0.2) is 35.6 Å². The van der Waals surface area contributed by atoms with Gasteiger partial charge >= 0.3 is 0 Å². The highest BCUT2D eigenvalue weighted by atomic mass is 35.5. The Balaban J connectivity index is 1.51. The van der Waals surface area contributed by atoms with Crippen molar-refractivity contribution in [2.24, 2.45) is 0 Å². The maximum absolute atomic E-state index is 12.3. The third kappa shape index (κ3) is 4.51. The number of hydrogen-bond donors (Lipinski definition) is 1. The summed E-state index contributed by atoms with van der Waals surface area (Å²) in [5.41, 5.74) is 8.45. The number of hydrogen-bond acceptors (Lipinski definition) is 5. The average Bonchev–Trinajstić information content (AvgIpc) is 2.66. The molecule has 1 saturated heterocycles. The van der Waals surface area contributed by atoms with Gasteiger partial charge in [0.1, 0.15) is 5.69 Å². The minimum Gasteiger partial charge on any atom is -0.394 e. The highest BCUT2D eigenvalue weighted by Crippen LogP contribution is 2.20. The van der Waals surface area contributed by atoms with Gasteiger partial charge in [-0.25, -0.2) is 4.68 Å². The van der Waals surface area contributed by atoms with Crippen LogP contribution in [0.5, 0.6) is 0 Å². The van der Waals surface area contributed by atoms with Gasteiger partial charge in [-0.05, 0) is 31.5 Å².